The third-order valence-corrected chi connectivity index (χ3v) is 2.83. The molecule has 0 aliphatic rings. The lowest BCUT2D eigenvalue weighted by Crippen LogP contribution is -2.29. The topological polar surface area (TPSA) is 82.0 Å². The summed E-state index contributed by atoms with van der Waals surface area (Å²) in [5.74, 6) is 0.111. The summed E-state index contributed by atoms with van der Waals surface area (Å²) in [5.41, 5.74) is 7.26. The second-order valence-corrected chi connectivity index (χ2v) is 4.80. The molecule has 2 unspecified atom stereocenters. The third-order valence-electron chi connectivity index (χ3n) is 2.83. The van der Waals surface area contributed by atoms with Gasteiger partial charge < -0.3 is 5.73 Å². The van der Waals surface area contributed by atoms with Crippen molar-refractivity contribution >= 4 is 5.69 Å². The number of hydrogen-bond donors (Lipinski definition) is 1. The van der Waals surface area contributed by atoms with Crippen molar-refractivity contribution < 1.29 is 4.92 Å². The molecule has 1 aromatic rings. The van der Waals surface area contributed by atoms with Crippen LogP contribution in [0.25, 0.3) is 0 Å². The molecule has 0 saturated carbocycles. The molecular weight excluding hydrogens is 218 g/mol. The van der Waals surface area contributed by atoms with Gasteiger partial charge in [-0.3, -0.25) is 15.1 Å². The fourth-order valence-electron chi connectivity index (χ4n) is 2.14. The first-order valence-corrected chi connectivity index (χ1v) is 5.71. The molecule has 2 N–H and O–H groups in total. The zero-order valence-electron chi connectivity index (χ0n) is 10.7. The molecule has 0 radical (unpaired) electrons. The first-order chi connectivity index (χ1) is 7.84. The monoisotopic (exact) mass is 237 g/mol. The summed E-state index contributed by atoms with van der Waals surface area (Å²) in [6, 6.07) is 1.39. The molecule has 0 aromatic carbocycles. The fraction of sp³-hybridized carbons (Fsp3) is 0.583. The molecule has 0 fully saturated rings. The molecule has 1 rings (SSSR count). The fourth-order valence-corrected chi connectivity index (χ4v) is 2.14. The SMILES string of the molecule is Cc1cnc(C(C(C)C)C(C)N)c([N+](=O)[O-])c1. The van der Waals surface area contributed by atoms with Crippen LogP contribution in [-0.2, 0) is 0 Å². The molecule has 5 heteroatoms. The highest BCUT2D eigenvalue weighted by Gasteiger charge is 2.29. The van der Waals surface area contributed by atoms with Crippen LogP contribution in [-0.4, -0.2) is 15.9 Å². The van der Waals surface area contributed by atoms with Crippen LogP contribution in [0.4, 0.5) is 5.69 Å². The van der Waals surface area contributed by atoms with Crippen molar-refractivity contribution in [2.45, 2.75) is 39.7 Å². The lowest BCUT2D eigenvalue weighted by atomic mass is 9.85. The molecule has 5 nitrogen and oxygen atoms in total. The Balaban J connectivity index is 3.32. The van der Waals surface area contributed by atoms with Crippen LogP contribution in [0.1, 0.15) is 37.9 Å². The summed E-state index contributed by atoms with van der Waals surface area (Å²) < 4.78 is 0. The van der Waals surface area contributed by atoms with E-state index in [1.807, 2.05) is 20.8 Å². The Hall–Kier alpha value is -1.49. The molecule has 17 heavy (non-hydrogen) atoms. The molecular formula is C12H19N3O2. The number of rotatable bonds is 4. The molecule has 0 aliphatic heterocycles. The highest BCUT2D eigenvalue weighted by molar-refractivity contribution is 5.40. The molecule has 0 aliphatic carbocycles. The van der Waals surface area contributed by atoms with Gasteiger partial charge in [-0.15, -0.1) is 0 Å². The smallest absolute Gasteiger partial charge is 0.291 e. The van der Waals surface area contributed by atoms with E-state index in [0.29, 0.717) is 5.69 Å². The van der Waals surface area contributed by atoms with Crippen molar-refractivity contribution in [2.75, 3.05) is 0 Å². The van der Waals surface area contributed by atoms with Gasteiger partial charge in [0.15, 0.2) is 0 Å². The van der Waals surface area contributed by atoms with Crippen LogP contribution in [0.5, 0.6) is 0 Å². The molecule has 1 heterocycles. The molecule has 0 bridgehead atoms. The minimum absolute atomic E-state index is 0.0704. The first-order valence-electron chi connectivity index (χ1n) is 5.71. The maximum atomic E-state index is 11.0. The van der Waals surface area contributed by atoms with Gasteiger partial charge in [0.05, 0.1) is 4.92 Å². The van der Waals surface area contributed by atoms with E-state index in [2.05, 4.69) is 4.98 Å². The van der Waals surface area contributed by atoms with Crippen LogP contribution in [0, 0.1) is 23.0 Å². The van der Waals surface area contributed by atoms with Crippen molar-refractivity contribution in [3.05, 3.63) is 33.6 Å². The molecule has 94 valence electrons. The number of nitrogens with zero attached hydrogens (tertiary/aromatic N) is 2. The van der Waals surface area contributed by atoms with Crippen LogP contribution >= 0.6 is 0 Å². The first kappa shape index (κ1) is 13.6. The second kappa shape index (κ2) is 5.23. The average molecular weight is 237 g/mol. The van der Waals surface area contributed by atoms with Gasteiger partial charge >= 0.3 is 0 Å². The summed E-state index contributed by atoms with van der Waals surface area (Å²) in [7, 11) is 0. The number of aromatic nitrogens is 1. The molecule has 0 saturated heterocycles. The van der Waals surface area contributed by atoms with Gasteiger partial charge in [0, 0.05) is 24.2 Å². The van der Waals surface area contributed by atoms with Crippen LogP contribution in [0.3, 0.4) is 0 Å². The van der Waals surface area contributed by atoms with Gasteiger partial charge in [-0.05, 0) is 25.3 Å². The van der Waals surface area contributed by atoms with Crippen molar-refractivity contribution in [3.8, 4) is 0 Å². The molecule has 0 spiro atoms. The predicted molar refractivity (Wildman–Crippen MR) is 66.9 cm³/mol. The number of aryl methyl sites for hydroxylation is 1. The summed E-state index contributed by atoms with van der Waals surface area (Å²) in [6.07, 6.45) is 1.65. The number of pyridine rings is 1. The normalized spacial score (nSPS) is 14.7. The third kappa shape index (κ3) is 3.00. The summed E-state index contributed by atoms with van der Waals surface area (Å²) in [5, 5.41) is 11.0. The van der Waals surface area contributed by atoms with E-state index in [4.69, 9.17) is 5.73 Å². The van der Waals surface area contributed by atoms with Crippen molar-refractivity contribution in [2.24, 2.45) is 11.7 Å². The zero-order chi connectivity index (χ0) is 13.2. The Bertz CT molecular complexity index is 408. The van der Waals surface area contributed by atoms with Gasteiger partial charge in [0.2, 0.25) is 0 Å². The lowest BCUT2D eigenvalue weighted by molar-refractivity contribution is -0.386. The van der Waals surface area contributed by atoms with Gasteiger partial charge in [0.25, 0.3) is 5.69 Å². The lowest BCUT2D eigenvalue weighted by Gasteiger charge is -2.23. The summed E-state index contributed by atoms with van der Waals surface area (Å²) in [6.45, 7) is 7.65. The molecule has 2 atom stereocenters. The second-order valence-electron chi connectivity index (χ2n) is 4.80. The quantitative estimate of drug-likeness (QED) is 0.643. The van der Waals surface area contributed by atoms with E-state index in [0.717, 1.165) is 5.56 Å². The number of hydrogen-bond acceptors (Lipinski definition) is 4. The highest BCUT2D eigenvalue weighted by atomic mass is 16.6. The van der Waals surface area contributed by atoms with Crippen LogP contribution in [0.15, 0.2) is 12.3 Å². The summed E-state index contributed by atoms with van der Waals surface area (Å²) in [4.78, 5) is 14.9. The van der Waals surface area contributed by atoms with Crippen LogP contribution < -0.4 is 5.73 Å². The largest absolute Gasteiger partial charge is 0.327 e. The van der Waals surface area contributed by atoms with Crippen molar-refractivity contribution in [1.29, 1.82) is 0 Å². The Morgan fingerprint density at radius 1 is 1.41 bits per heavy atom. The summed E-state index contributed by atoms with van der Waals surface area (Å²) >= 11 is 0. The van der Waals surface area contributed by atoms with E-state index < -0.39 is 0 Å². The Morgan fingerprint density at radius 2 is 2.00 bits per heavy atom. The average Bonchev–Trinajstić information content (AvgIpc) is 2.19. The Kier molecular flexibility index (Phi) is 4.17. The zero-order valence-corrected chi connectivity index (χ0v) is 10.7. The number of nitrogens with two attached hydrogens (primary N) is 1. The van der Waals surface area contributed by atoms with Crippen LogP contribution in [0.2, 0.25) is 0 Å². The van der Waals surface area contributed by atoms with E-state index >= 15 is 0 Å². The Labute approximate surface area is 101 Å². The van der Waals surface area contributed by atoms with Gasteiger partial charge in [0.1, 0.15) is 5.69 Å². The van der Waals surface area contributed by atoms with Gasteiger partial charge in [-0.2, -0.15) is 0 Å². The predicted octanol–water partition coefficient (Wildman–Crippen LogP) is 2.39. The highest BCUT2D eigenvalue weighted by Crippen LogP contribution is 2.32. The minimum Gasteiger partial charge on any atom is -0.327 e. The minimum atomic E-state index is -0.382. The van der Waals surface area contributed by atoms with Gasteiger partial charge in [-0.25, -0.2) is 0 Å². The molecule has 0 amide bonds. The van der Waals surface area contributed by atoms with Crippen molar-refractivity contribution in [1.82, 2.24) is 4.98 Å². The maximum Gasteiger partial charge on any atom is 0.291 e. The van der Waals surface area contributed by atoms with Crippen molar-refractivity contribution in [3.63, 3.8) is 0 Å². The van der Waals surface area contributed by atoms with E-state index in [1.165, 1.54) is 0 Å². The number of nitro groups is 1. The van der Waals surface area contributed by atoms with E-state index in [-0.39, 0.29) is 28.5 Å². The standard InChI is InChI=1S/C12H19N3O2/c1-7(2)11(9(4)13)12-10(15(16)17)5-8(3)6-14-12/h5-7,9,11H,13H2,1-4H3. The Morgan fingerprint density at radius 3 is 2.41 bits per heavy atom. The maximum absolute atomic E-state index is 11.0. The van der Waals surface area contributed by atoms with Gasteiger partial charge in [-0.1, -0.05) is 13.8 Å². The molecule has 1 aromatic heterocycles. The van der Waals surface area contributed by atoms with E-state index in [9.17, 15) is 10.1 Å². The van der Waals surface area contributed by atoms with E-state index in [1.54, 1.807) is 19.2 Å².